The number of hydrogen-bond acceptors (Lipinski definition) is 5. The Morgan fingerprint density at radius 3 is 2.67 bits per heavy atom. The number of methoxy groups -OCH3 is 1. The van der Waals surface area contributed by atoms with Gasteiger partial charge < -0.3 is 14.6 Å². The molecule has 1 aromatic rings. The van der Waals surface area contributed by atoms with Gasteiger partial charge in [0.1, 0.15) is 11.9 Å². The Balaban J connectivity index is 2.61. The minimum atomic E-state index is -1.48. The van der Waals surface area contributed by atoms with Gasteiger partial charge in [-0.15, -0.1) is 0 Å². The van der Waals surface area contributed by atoms with E-state index in [4.69, 9.17) is 14.6 Å². The first kappa shape index (κ1) is 17.3. The average Bonchev–Trinajstić information content (AvgIpc) is 2.46. The molecule has 0 aliphatic carbocycles. The Kier molecular flexibility index (Phi) is 7.04. The molecule has 0 saturated heterocycles. The summed E-state index contributed by atoms with van der Waals surface area (Å²) in [5.74, 6) is -1.50. The van der Waals surface area contributed by atoms with Crippen molar-refractivity contribution < 1.29 is 28.4 Å². The standard InChI is InChI=1S/C14H18O6S/c1-10(14(17)20-7-6-19-2)21(18)9-11-4-3-5-12(8-11)13(15)16/h3-5,8,10H,6-7,9H2,1-2H3,(H,15,16). The van der Waals surface area contributed by atoms with Crippen LogP contribution in [-0.2, 0) is 30.8 Å². The van der Waals surface area contributed by atoms with Crippen molar-refractivity contribution in [2.45, 2.75) is 17.9 Å². The Bertz CT molecular complexity index is 528. The number of aromatic carboxylic acids is 1. The first-order valence-electron chi connectivity index (χ1n) is 6.30. The lowest BCUT2D eigenvalue weighted by atomic mass is 10.1. The van der Waals surface area contributed by atoms with Crippen LogP contribution in [0.3, 0.4) is 0 Å². The fourth-order valence-electron chi connectivity index (χ4n) is 1.53. The Morgan fingerprint density at radius 1 is 1.33 bits per heavy atom. The van der Waals surface area contributed by atoms with Crippen LogP contribution in [0.15, 0.2) is 24.3 Å². The lowest BCUT2D eigenvalue weighted by Gasteiger charge is -2.11. The molecule has 1 N–H and O–H groups in total. The van der Waals surface area contributed by atoms with Crippen molar-refractivity contribution in [3.05, 3.63) is 35.4 Å². The van der Waals surface area contributed by atoms with E-state index in [-0.39, 0.29) is 24.5 Å². The van der Waals surface area contributed by atoms with E-state index in [1.807, 2.05) is 0 Å². The molecule has 116 valence electrons. The number of carbonyl (C=O) groups is 2. The SMILES string of the molecule is COCCOC(=O)C(C)S(=O)Cc1cccc(C(=O)O)c1. The maximum absolute atomic E-state index is 12.1. The molecule has 21 heavy (non-hydrogen) atoms. The first-order valence-corrected chi connectivity index (χ1v) is 7.69. The summed E-state index contributed by atoms with van der Waals surface area (Å²) in [6, 6.07) is 6.16. The zero-order chi connectivity index (χ0) is 15.8. The molecule has 6 nitrogen and oxygen atoms in total. The van der Waals surface area contributed by atoms with E-state index in [2.05, 4.69) is 0 Å². The second kappa shape index (κ2) is 8.53. The van der Waals surface area contributed by atoms with Crippen molar-refractivity contribution in [2.75, 3.05) is 20.3 Å². The maximum Gasteiger partial charge on any atom is 0.335 e. The summed E-state index contributed by atoms with van der Waals surface area (Å²) in [7, 11) is 0.00988. The Morgan fingerprint density at radius 2 is 2.05 bits per heavy atom. The van der Waals surface area contributed by atoms with Crippen molar-refractivity contribution in [1.82, 2.24) is 0 Å². The predicted molar refractivity (Wildman–Crippen MR) is 77.5 cm³/mol. The van der Waals surface area contributed by atoms with Gasteiger partial charge in [-0.2, -0.15) is 0 Å². The summed E-state index contributed by atoms with van der Waals surface area (Å²) in [5.41, 5.74) is 0.726. The van der Waals surface area contributed by atoms with Gasteiger partial charge in [-0.1, -0.05) is 12.1 Å². The third-order valence-corrected chi connectivity index (χ3v) is 4.34. The third-order valence-electron chi connectivity index (χ3n) is 2.74. The molecule has 0 fully saturated rings. The number of carboxylic acids is 1. The van der Waals surface area contributed by atoms with Gasteiger partial charge in [0.05, 0.1) is 12.2 Å². The van der Waals surface area contributed by atoms with Crippen LogP contribution >= 0.6 is 0 Å². The fraction of sp³-hybridized carbons (Fsp3) is 0.429. The quantitative estimate of drug-likeness (QED) is 0.573. The van der Waals surface area contributed by atoms with Crippen LogP contribution in [-0.4, -0.2) is 46.8 Å². The number of hydrogen-bond donors (Lipinski definition) is 1. The van der Waals surface area contributed by atoms with Crippen molar-refractivity contribution >= 4 is 22.7 Å². The molecule has 2 atom stereocenters. The molecular weight excluding hydrogens is 296 g/mol. The zero-order valence-corrected chi connectivity index (χ0v) is 12.7. The van der Waals surface area contributed by atoms with Crippen molar-refractivity contribution in [3.8, 4) is 0 Å². The monoisotopic (exact) mass is 314 g/mol. The summed E-state index contributed by atoms with van der Waals surface area (Å²) in [4.78, 5) is 22.5. The first-order chi connectivity index (χ1) is 9.95. The van der Waals surface area contributed by atoms with Gasteiger partial charge in [0.15, 0.2) is 0 Å². The molecule has 0 aliphatic heterocycles. The maximum atomic E-state index is 12.1. The van der Waals surface area contributed by atoms with E-state index in [1.165, 1.54) is 26.2 Å². The van der Waals surface area contributed by atoms with Crippen LogP contribution in [0.25, 0.3) is 0 Å². The largest absolute Gasteiger partial charge is 0.478 e. The van der Waals surface area contributed by atoms with E-state index >= 15 is 0 Å². The van der Waals surface area contributed by atoms with Gasteiger partial charge >= 0.3 is 11.9 Å². The second-order valence-corrected chi connectivity index (χ2v) is 6.09. The van der Waals surface area contributed by atoms with Crippen molar-refractivity contribution in [2.24, 2.45) is 0 Å². The lowest BCUT2D eigenvalue weighted by molar-refractivity contribution is -0.143. The molecule has 1 rings (SSSR count). The van der Waals surface area contributed by atoms with E-state index in [0.29, 0.717) is 5.56 Å². The summed E-state index contributed by atoms with van der Waals surface area (Å²) < 4.78 is 21.8. The highest BCUT2D eigenvalue weighted by molar-refractivity contribution is 7.85. The second-order valence-electron chi connectivity index (χ2n) is 4.33. The van der Waals surface area contributed by atoms with Gasteiger partial charge in [0.2, 0.25) is 0 Å². The number of esters is 1. The zero-order valence-electron chi connectivity index (χ0n) is 11.9. The molecule has 2 unspecified atom stereocenters. The third kappa shape index (κ3) is 5.65. The fourth-order valence-corrected chi connectivity index (χ4v) is 2.57. The number of ether oxygens (including phenoxy) is 2. The Labute approximate surface area is 125 Å². The van der Waals surface area contributed by atoms with Crippen LogP contribution in [0.2, 0.25) is 0 Å². The number of rotatable bonds is 8. The van der Waals surface area contributed by atoms with Gasteiger partial charge in [0.25, 0.3) is 0 Å². The van der Waals surface area contributed by atoms with E-state index in [1.54, 1.807) is 12.1 Å². The molecular formula is C14H18O6S. The molecule has 0 aliphatic rings. The smallest absolute Gasteiger partial charge is 0.335 e. The molecule has 0 amide bonds. The molecule has 0 radical (unpaired) electrons. The summed E-state index contributed by atoms with van der Waals surface area (Å²) in [6.07, 6.45) is 0. The number of carbonyl (C=O) groups excluding carboxylic acids is 1. The van der Waals surface area contributed by atoms with Crippen LogP contribution in [0.1, 0.15) is 22.8 Å². The van der Waals surface area contributed by atoms with Crippen LogP contribution < -0.4 is 0 Å². The van der Waals surface area contributed by atoms with E-state index in [0.717, 1.165) is 0 Å². The minimum absolute atomic E-state index is 0.0989. The molecule has 1 aromatic carbocycles. The van der Waals surface area contributed by atoms with Gasteiger partial charge in [-0.05, 0) is 24.6 Å². The molecule has 0 aromatic heterocycles. The highest BCUT2D eigenvalue weighted by atomic mass is 32.2. The molecule has 0 heterocycles. The molecule has 0 spiro atoms. The van der Waals surface area contributed by atoms with Crippen molar-refractivity contribution in [3.63, 3.8) is 0 Å². The average molecular weight is 314 g/mol. The van der Waals surface area contributed by atoms with Crippen molar-refractivity contribution in [1.29, 1.82) is 0 Å². The molecule has 0 bridgehead atoms. The number of carboxylic acid groups (broad SMARTS) is 1. The summed E-state index contributed by atoms with van der Waals surface area (Å²) in [5, 5.41) is 8.12. The predicted octanol–water partition coefficient (Wildman–Crippen LogP) is 1.21. The minimum Gasteiger partial charge on any atom is -0.478 e. The van der Waals surface area contributed by atoms with E-state index in [9.17, 15) is 13.8 Å². The molecule has 0 saturated carbocycles. The number of benzene rings is 1. The topological polar surface area (TPSA) is 89.9 Å². The van der Waals surface area contributed by atoms with Crippen LogP contribution in [0, 0.1) is 0 Å². The highest BCUT2D eigenvalue weighted by Gasteiger charge is 2.21. The van der Waals surface area contributed by atoms with Gasteiger partial charge in [-0.3, -0.25) is 9.00 Å². The van der Waals surface area contributed by atoms with E-state index < -0.39 is 28.0 Å². The van der Waals surface area contributed by atoms with Crippen LogP contribution in [0.5, 0.6) is 0 Å². The van der Waals surface area contributed by atoms with Gasteiger partial charge in [0, 0.05) is 23.7 Å². The summed E-state index contributed by atoms with van der Waals surface area (Å²) in [6.45, 7) is 1.92. The normalized spacial score (nSPS) is 13.4. The lowest BCUT2D eigenvalue weighted by Crippen LogP contribution is -2.27. The molecule has 7 heteroatoms. The Hall–Kier alpha value is -1.73. The highest BCUT2D eigenvalue weighted by Crippen LogP contribution is 2.11. The van der Waals surface area contributed by atoms with Crippen LogP contribution in [0.4, 0.5) is 0 Å². The van der Waals surface area contributed by atoms with Gasteiger partial charge in [-0.25, -0.2) is 4.79 Å². The summed E-state index contributed by atoms with van der Waals surface area (Å²) >= 11 is 0.